The van der Waals surface area contributed by atoms with Crippen LogP contribution in [0.25, 0.3) is 0 Å². The van der Waals surface area contributed by atoms with Crippen LogP contribution >= 0.6 is 0 Å². The highest BCUT2D eigenvalue weighted by molar-refractivity contribution is 5.97. The van der Waals surface area contributed by atoms with Crippen molar-refractivity contribution in [3.63, 3.8) is 0 Å². The normalized spacial score (nSPS) is 17.0. The Kier molecular flexibility index (Phi) is 7.92. The van der Waals surface area contributed by atoms with Crippen LogP contribution in [0.4, 0.5) is 0 Å². The number of ether oxygens (including phenoxy) is 2. The van der Waals surface area contributed by atoms with Crippen LogP contribution in [-0.4, -0.2) is 38.1 Å². The zero-order valence-electron chi connectivity index (χ0n) is 16.6. The van der Waals surface area contributed by atoms with Crippen LogP contribution in [-0.2, 0) is 0 Å². The van der Waals surface area contributed by atoms with Crippen LogP contribution in [0, 0.1) is 0 Å². The number of hydrogen-bond acceptors (Lipinski definition) is 4. The van der Waals surface area contributed by atoms with Gasteiger partial charge in [0.2, 0.25) is 0 Å². The molecule has 6 heteroatoms. The molecule has 2 amide bonds. The van der Waals surface area contributed by atoms with E-state index in [1.807, 2.05) is 36.4 Å². The first kappa shape index (κ1) is 20.7. The van der Waals surface area contributed by atoms with Crippen molar-refractivity contribution in [2.75, 3.05) is 26.3 Å². The fourth-order valence-electron chi connectivity index (χ4n) is 3.16. The number of amides is 2. The zero-order chi connectivity index (χ0) is 20.3. The molecule has 2 aromatic rings. The van der Waals surface area contributed by atoms with Gasteiger partial charge in [0.1, 0.15) is 11.5 Å². The van der Waals surface area contributed by atoms with E-state index in [1.54, 1.807) is 12.1 Å². The van der Waals surface area contributed by atoms with Gasteiger partial charge in [0.05, 0.1) is 24.3 Å². The van der Waals surface area contributed by atoms with Crippen molar-refractivity contribution in [1.29, 1.82) is 0 Å². The highest BCUT2D eigenvalue weighted by Crippen LogP contribution is 2.20. The summed E-state index contributed by atoms with van der Waals surface area (Å²) in [6, 6.07) is 14.6. The van der Waals surface area contributed by atoms with Gasteiger partial charge in [-0.1, -0.05) is 24.3 Å². The molecule has 2 aromatic carbocycles. The first-order valence-electron chi connectivity index (χ1n) is 10.3. The molecule has 0 aromatic heterocycles. The van der Waals surface area contributed by atoms with E-state index in [1.165, 1.54) is 0 Å². The highest BCUT2D eigenvalue weighted by Gasteiger charge is 2.13. The van der Waals surface area contributed by atoms with E-state index in [0.717, 1.165) is 25.7 Å². The van der Waals surface area contributed by atoms with Gasteiger partial charge in [0.15, 0.2) is 0 Å². The van der Waals surface area contributed by atoms with Crippen molar-refractivity contribution in [3.05, 3.63) is 59.7 Å². The summed E-state index contributed by atoms with van der Waals surface area (Å²) in [5.74, 6) is 0.886. The van der Waals surface area contributed by atoms with Crippen LogP contribution in [0.1, 0.15) is 52.8 Å². The minimum atomic E-state index is -0.163. The lowest BCUT2D eigenvalue weighted by atomic mass is 10.2. The SMILES string of the molecule is O=C1NCCCNC(=O)c2ccccc2OCCCCCCOc2ccccc21. The number of nitrogens with one attached hydrogen (secondary N) is 2. The summed E-state index contributed by atoms with van der Waals surface area (Å²) in [4.78, 5) is 25.0. The maximum Gasteiger partial charge on any atom is 0.255 e. The van der Waals surface area contributed by atoms with Crippen LogP contribution in [0.15, 0.2) is 48.5 Å². The average Bonchev–Trinajstić information content (AvgIpc) is 2.75. The fourth-order valence-corrected chi connectivity index (χ4v) is 3.16. The molecule has 0 saturated carbocycles. The Bertz CT molecular complexity index is 755. The molecule has 1 aliphatic heterocycles. The highest BCUT2D eigenvalue weighted by atomic mass is 16.5. The van der Waals surface area contributed by atoms with Gasteiger partial charge in [0, 0.05) is 13.1 Å². The second kappa shape index (κ2) is 11.1. The van der Waals surface area contributed by atoms with Gasteiger partial charge in [-0.2, -0.15) is 0 Å². The summed E-state index contributed by atoms with van der Waals surface area (Å²) >= 11 is 0. The Balaban J connectivity index is 1.64. The summed E-state index contributed by atoms with van der Waals surface area (Å²) < 4.78 is 11.7. The molecule has 1 aliphatic rings. The fraction of sp³-hybridized carbons (Fsp3) is 0.391. The quantitative estimate of drug-likeness (QED) is 0.714. The average molecular weight is 396 g/mol. The van der Waals surface area contributed by atoms with Gasteiger partial charge in [-0.05, 0) is 56.4 Å². The summed E-state index contributed by atoms with van der Waals surface area (Å²) in [5, 5.41) is 5.78. The lowest BCUT2D eigenvalue weighted by Crippen LogP contribution is -2.30. The van der Waals surface area contributed by atoms with Crippen molar-refractivity contribution in [2.45, 2.75) is 32.1 Å². The van der Waals surface area contributed by atoms with Gasteiger partial charge in [-0.25, -0.2) is 0 Å². The monoisotopic (exact) mass is 396 g/mol. The van der Waals surface area contributed by atoms with Crippen molar-refractivity contribution in [1.82, 2.24) is 10.6 Å². The molecule has 0 radical (unpaired) electrons. The molecule has 29 heavy (non-hydrogen) atoms. The van der Waals surface area contributed by atoms with E-state index in [4.69, 9.17) is 9.47 Å². The Hall–Kier alpha value is -3.02. The topological polar surface area (TPSA) is 76.7 Å². The molecule has 0 unspecified atom stereocenters. The molecular formula is C23H28N2O4. The Morgan fingerprint density at radius 1 is 0.586 bits per heavy atom. The number of para-hydroxylation sites is 2. The van der Waals surface area contributed by atoms with Crippen molar-refractivity contribution < 1.29 is 19.1 Å². The number of hydrogen-bond donors (Lipinski definition) is 2. The summed E-state index contributed by atoms with van der Waals surface area (Å²) in [6.07, 6.45) is 4.48. The third-order valence-electron chi connectivity index (χ3n) is 4.74. The molecule has 3 rings (SSSR count). The molecule has 6 nitrogen and oxygen atoms in total. The maximum atomic E-state index is 12.5. The third-order valence-corrected chi connectivity index (χ3v) is 4.74. The second-order valence-electron chi connectivity index (χ2n) is 6.97. The van der Waals surface area contributed by atoms with Crippen molar-refractivity contribution in [3.8, 4) is 11.5 Å². The first-order chi connectivity index (χ1) is 14.3. The number of carbonyl (C=O) groups is 2. The minimum Gasteiger partial charge on any atom is -0.493 e. The van der Waals surface area contributed by atoms with Gasteiger partial charge < -0.3 is 20.1 Å². The predicted octanol–water partition coefficient (Wildman–Crippen LogP) is 3.57. The van der Waals surface area contributed by atoms with Crippen LogP contribution < -0.4 is 20.1 Å². The van der Waals surface area contributed by atoms with Crippen LogP contribution in [0.5, 0.6) is 11.5 Å². The molecule has 0 saturated heterocycles. The number of fused-ring (bicyclic) bond motifs is 2. The van der Waals surface area contributed by atoms with E-state index in [2.05, 4.69) is 10.6 Å². The lowest BCUT2D eigenvalue weighted by Gasteiger charge is -2.12. The van der Waals surface area contributed by atoms with Crippen molar-refractivity contribution in [2.24, 2.45) is 0 Å². The van der Waals surface area contributed by atoms with Crippen LogP contribution in [0.2, 0.25) is 0 Å². The molecule has 0 fully saturated rings. The summed E-state index contributed by atoms with van der Waals surface area (Å²) in [5.41, 5.74) is 1.08. The summed E-state index contributed by atoms with van der Waals surface area (Å²) in [6.45, 7) is 2.08. The zero-order valence-corrected chi connectivity index (χ0v) is 16.6. The van der Waals surface area contributed by atoms with E-state index < -0.39 is 0 Å². The van der Waals surface area contributed by atoms with Crippen LogP contribution in [0.3, 0.4) is 0 Å². The minimum absolute atomic E-state index is 0.163. The van der Waals surface area contributed by atoms with Gasteiger partial charge in [-0.3, -0.25) is 9.59 Å². The van der Waals surface area contributed by atoms with E-state index in [-0.39, 0.29) is 11.8 Å². The third kappa shape index (κ3) is 6.24. The van der Waals surface area contributed by atoms with E-state index >= 15 is 0 Å². The molecule has 0 spiro atoms. The van der Waals surface area contributed by atoms with Gasteiger partial charge in [-0.15, -0.1) is 0 Å². The Morgan fingerprint density at radius 3 is 1.52 bits per heavy atom. The maximum absolute atomic E-state index is 12.5. The molecule has 0 atom stereocenters. The van der Waals surface area contributed by atoms with Crippen molar-refractivity contribution >= 4 is 11.8 Å². The molecule has 154 valence electrons. The summed E-state index contributed by atoms with van der Waals surface area (Å²) in [7, 11) is 0. The Labute approximate surface area is 171 Å². The lowest BCUT2D eigenvalue weighted by molar-refractivity contribution is 0.0948. The molecule has 2 N–H and O–H groups in total. The van der Waals surface area contributed by atoms with Gasteiger partial charge >= 0.3 is 0 Å². The number of rotatable bonds is 0. The molecule has 0 bridgehead atoms. The second-order valence-corrected chi connectivity index (χ2v) is 6.97. The van der Waals surface area contributed by atoms with E-state index in [9.17, 15) is 9.59 Å². The van der Waals surface area contributed by atoms with E-state index in [0.29, 0.717) is 55.4 Å². The number of carbonyl (C=O) groups excluding carboxylic acids is 2. The smallest absolute Gasteiger partial charge is 0.255 e. The predicted molar refractivity (Wildman–Crippen MR) is 112 cm³/mol. The first-order valence-corrected chi connectivity index (χ1v) is 10.3. The molecule has 0 aliphatic carbocycles. The number of benzene rings is 2. The Morgan fingerprint density at radius 2 is 1.03 bits per heavy atom. The largest absolute Gasteiger partial charge is 0.493 e. The van der Waals surface area contributed by atoms with Gasteiger partial charge in [0.25, 0.3) is 11.8 Å². The molecular weight excluding hydrogens is 368 g/mol. The molecule has 1 heterocycles. The standard InChI is InChI=1S/C23H28N2O4/c26-22-18-10-3-5-12-20(18)28-16-7-1-2-8-17-29-21-13-6-4-11-19(21)23(27)25-15-9-14-24-22/h3-6,10-13H,1-2,7-9,14-17H2,(H,24,26)(H,25,27).